The molecule has 3 atom stereocenters. The summed E-state index contributed by atoms with van der Waals surface area (Å²) in [6, 6.07) is 26.8. The van der Waals surface area contributed by atoms with Crippen molar-refractivity contribution in [3.63, 3.8) is 0 Å². The van der Waals surface area contributed by atoms with Crippen molar-refractivity contribution in [3.05, 3.63) is 102 Å². The number of alkyl carbamates (subject to hydrolysis) is 1. The highest BCUT2D eigenvalue weighted by Gasteiger charge is 2.58. The Morgan fingerprint density at radius 1 is 0.892 bits per heavy atom. The molecule has 4 rings (SSSR count). The molecular weight excluding hydrogens is 470 g/mol. The molecule has 192 valence electrons. The van der Waals surface area contributed by atoms with Crippen LogP contribution >= 0.6 is 0 Å². The van der Waals surface area contributed by atoms with Gasteiger partial charge in [-0.2, -0.15) is 0 Å². The molecule has 0 spiro atoms. The number of para-hydroxylation sites is 1. The molecule has 1 saturated heterocycles. The van der Waals surface area contributed by atoms with Crippen molar-refractivity contribution in [2.75, 3.05) is 0 Å². The van der Waals surface area contributed by atoms with Gasteiger partial charge in [0.05, 0.1) is 0 Å². The van der Waals surface area contributed by atoms with Gasteiger partial charge in [-0.05, 0) is 29.2 Å². The molecule has 0 unspecified atom stereocenters. The van der Waals surface area contributed by atoms with Crippen molar-refractivity contribution in [1.82, 2.24) is 16.0 Å². The molecule has 8 heteroatoms. The summed E-state index contributed by atoms with van der Waals surface area (Å²) in [5.41, 5.74) is 0.324. The van der Waals surface area contributed by atoms with Gasteiger partial charge >= 0.3 is 6.09 Å². The summed E-state index contributed by atoms with van der Waals surface area (Å²) >= 11 is 0. The predicted molar refractivity (Wildman–Crippen MR) is 138 cm³/mol. The Balaban J connectivity index is 1.50. The van der Waals surface area contributed by atoms with Crippen LogP contribution in [0.4, 0.5) is 4.79 Å². The molecule has 1 heterocycles. The number of hydrogen-bond acceptors (Lipinski definition) is 5. The minimum Gasteiger partial charge on any atom is -0.468 e. The SMILES string of the molecule is CC(C)[C@H](NC(=O)OCc1ccccc1)C(=O)N[C@]1(Cc2ccccc2)C(=O)N[C@H]1Oc1ccccc1. The summed E-state index contributed by atoms with van der Waals surface area (Å²) in [5, 5.41) is 8.33. The summed E-state index contributed by atoms with van der Waals surface area (Å²) in [6.45, 7) is 3.70. The molecule has 8 nitrogen and oxygen atoms in total. The normalized spacial score (nSPS) is 19.2. The van der Waals surface area contributed by atoms with E-state index < -0.39 is 29.8 Å². The second-order valence-corrected chi connectivity index (χ2v) is 9.34. The molecule has 1 aliphatic heterocycles. The molecule has 0 radical (unpaired) electrons. The number of rotatable bonds is 10. The maximum atomic E-state index is 13.5. The smallest absolute Gasteiger partial charge is 0.408 e. The van der Waals surface area contributed by atoms with Crippen LogP contribution in [0.1, 0.15) is 25.0 Å². The Hall–Kier alpha value is -4.33. The van der Waals surface area contributed by atoms with Crippen molar-refractivity contribution in [3.8, 4) is 5.75 Å². The van der Waals surface area contributed by atoms with Crippen LogP contribution < -0.4 is 20.7 Å². The fourth-order valence-electron chi connectivity index (χ4n) is 4.16. The highest BCUT2D eigenvalue weighted by atomic mass is 16.5. The molecule has 1 fully saturated rings. The number of nitrogens with one attached hydrogen (secondary N) is 3. The van der Waals surface area contributed by atoms with E-state index in [4.69, 9.17) is 9.47 Å². The lowest BCUT2D eigenvalue weighted by Crippen LogP contribution is -2.82. The fourth-order valence-corrected chi connectivity index (χ4v) is 4.16. The van der Waals surface area contributed by atoms with Crippen LogP contribution in [0.15, 0.2) is 91.0 Å². The molecule has 37 heavy (non-hydrogen) atoms. The Kier molecular flexibility index (Phi) is 8.08. The van der Waals surface area contributed by atoms with Crippen molar-refractivity contribution in [2.45, 2.75) is 44.7 Å². The third kappa shape index (κ3) is 6.27. The van der Waals surface area contributed by atoms with E-state index in [0.29, 0.717) is 5.75 Å². The third-order valence-corrected chi connectivity index (χ3v) is 6.22. The van der Waals surface area contributed by atoms with Gasteiger partial charge in [0.25, 0.3) is 5.91 Å². The molecular formula is C29H31N3O5. The van der Waals surface area contributed by atoms with E-state index in [0.717, 1.165) is 11.1 Å². The van der Waals surface area contributed by atoms with Gasteiger partial charge in [0.15, 0.2) is 5.54 Å². The molecule has 3 amide bonds. The first-order valence-electron chi connectivity index (χ1n) is 12.2. The summed E-state index contributed by atoms with van der Waals surface area (Å²) < 4.78 is 11.4. The van der Waals surface area contributed by atoms with E-state index in [1.807, 2.05) is 92.7 Å². The topological polar surface area (TPSA) is 106 Å². The average molecular weight is 502 g/mol. The van der Waals surface area contributed by atoms with E-state index in [-0.39, 0.29) is 24.9 Å². The average Bonchev–Trinajstić information content (AvgIpc) is 2.91. The van der Waals surface area contributed by atoms with Crippen LogP contribution in [0, 0.1) is 5.92 Å². The second-order valence-electron chi connectivity index (χ2n) is 9.34. The van der Waals surface area contributed by atoms with E-state index in [9.17, 15) is 14.4 Å². The van der Waals surface area contributed by atoms with E-state index in [2.05, 4.69) is 16.0 Å². The van der Waals surface area contributed by atoms with Crippen LogP contribution in [0.3, 0.4) is 0 Å². The molecule has 0 aromatic heterocycles. The first-order valence-corrected chi connectivity index (χ1v) is 12.2. The van der Waals surface area contributed by atoms with Gasteiger partial charge in [-0.15, -0.1) is 0 Å². The minimum atomic E-state index is -1.36. The standard InChI is InChI=1S/C29H31N3O5/c1-20(2)24(30-28(35)36-19-22-14-8-4-9-15-22)25(33)32-29(18-21-12-6-3-7-13-21)26(34)31-27(29)37-23-16-10-5-11-17-23/h3-17,20,24,27H,18-19H2,1-2H3,(H,30,35)(H,31,34)(H,32,33)/t24-,27-,29+/m0/s1. The zero-order valence-electron chi connectivity index (χ0n) is 20.8. The summed E-state index contributed by atoms with van der Waals surface area (Å²) in [5.74, 6) is -0.573. The Morgan fingerprint density at radius 3 is 2.03 bits per heavy atom. The van der Waals surface area contributed by atoms with Gasteiger partial charge in [-0.25, -0.2) is 4.79 Å². The van der Waals surface area contributed by atoms with Gasteiger partial charge in [0.2, 0.25) is 12.1 Å². The van der Waals surface area contributed by atoms with Crippen molar-refractivity contribution in [2.24, 2.45) is 5.92 Å². The second kappa shape index (κ2) is 11.6. The molecule has 1 aliphatic rings. The number of ether oxygens (including phenoxy) is 2. The zero-order chi connectivity index (χ0) is 26.3. The molecule has 0 bridgehead atoms. The van der Waals surface area contributed by atoms with Gasteiger partial charge in [-0.1, -0.05) is 92.7 Å². The lowest BCUT2D eigenvalue weighted by Gasteiger charge is -2.48. The number of carbonyl (C=O) groups is 3. The lowest BCUT2D eigenvalue weighted by atomic mass is 9.81. The van der Waals surface area contributed by atoms with Gasteiger partial charge in [0, 0.05) is 6.42 Å². The zero-order valence-corrected chi connectivity index (χ0v) is 20.8. The molecule has 0 aliphatic carbocycles. The van der Waals surface area contributed by atoms with E-state index >= 15 is 0 Å². The van der Waals surface area contributed by atoms with Crippen LogP contribution in [0.5, 0.6) is 5.75 Å². The number of benzene rings is 3. The monoisotopic (exact) mass is 501 g/mol. The highest BCUT2D eigenvalue weighted by molar-refractivity contribution is 5.99. The largest absolute Gasteiger partial charge is 0.468 e. The summed E-state index contributed by atoms with van der Waals surface area (Å²) in [4.78, 5) is 39.1. The number of β-lactam (4-membered cyclic amide) rings is 1. The number of hydrogen-bond donors (Lipinski definition) is 3. The van der Waals surface area contributed by atoms with E-state index in [1.165, 1.54) is 0 Å². The third-order valence-electron chi connectivity index (χ3n) is 6.22. The van der Waals surface area contributed by atoms with Crippen LogP contribution in [-0.4, -0.2) is 35.7 Å². The minimum absolute atomic E-state index is 0.0758. The summed E-state index contributed by atoms with van der Waals surface area (Å²) in [7, 11) is 0. The Bertz CT molecular complexity index is 1200. The Labute approximate surface area is 216 Å². The van der Waals surface area contributed by atoms with Crippen molar-refractivity contribution in [1.29, 1.82) is 0 Å². The molecule has 3 aromatic rings. The quantitative estimate of drug-likeness (QED) is 0.369. The fraction of sp³-hybridized carbons (Fsp3) is 0.276. The van der Waals surface area contributed by atoms with Crippen LogP contribution in [-0.2, 0) is 27.4 Å². The van der Waals surface area contributed by atoms with Crippen molar-refractivity contribution >= 4 is 17.9 Å². The maximum absolute atomic E-state index is 13.5. The number of amides is 3. The first-order chi connectivity index (χ1) is 17.9. The maximum Gasteiger partial charge on any atom is 0.408 e. The van der Waals surface area contributed by atoms with Gasteiger partial charge in [0.1, 0.15) is 18.4 Å². The van der Waals surface area contributed by atoms with Crippen LogP contribution in [0.2, 0.25) is 0 Å². The van der Waals surface area contributed by atoms with Crippen molar-refractivity contribution < 1.29 is 23.9 Å². The lowest BCUT2D eigenvalue weighted by molar-refractivity contribution is -0.156. The van der Waals surface area contributed by atoms with E-state index in [1.54, 1.807) is 12.1 Å². The summed E-state index contributed by atoms with van der Waals surface area (Å²) in [6.07, 6.45) is -1.30. The molecule has 0 saturated carbocycles. The van der Waals surface area contributed by atoms with Crippen LogP contribution in [0.25, 0.3) is 0 Å². The van der Waals surface area contributed by atoms with Gasteiger partial charge in [-0.3, -0.25) is 9.59 Å². The molecule has 3 N–H and O–H groups in total. The number of carbonyl (C=O) groups excluding carboxylic acids is 3. The highest BCUT2D eigenvalue weighted by Crippen LogP contribution is 2.29. The first kappa shape index (κ1) is 25.8. The van der Waals surface area contributed by atoms with Gasteiger partial charge < -0.3 is 25.4 Å². The predicted octanol–water partition coefficient (Wildman–Crippen LogP) is 3.57. The Morgan fingerprint density at radius 2 is 1.46 bits per heavy atom. The molecule has 3 aromatic carbocycles.